The fourth-order valence-corrected chi connectivity index (χ4v) is 3.87. The molecule has 0 aliphatic heterocycles. The van der Waals surface area contributed by atoms with Gasteiger partial charge in [-0.05, 0) is 49.1 Å². The molecule has 5 nitrogen and oxygen atoms in total. The average molecular weight is 326 g/mol. The van der Waals surface area contributed by atoms with E-state index in [2.05, 4.69) is 31.8 Å². The van der Waals surface area contributed by atoms with Gasteiger partial charge in [0.25, 0.3) is 0 Å². The molecule has 0 amide bonds. The van der Waals surface area contributed by atoms with Crippen LogP contribution in [0.1, 0.15) is 23.1 Å². The molecule has 1 aliphatic rings. The van der Waals surface area contributed by atoms with Crippen LogP contribution in [0.15, 0.2) is 48.8 Å². The monoisotopic (exact) mass is 326 g/mol. The predicted molar refractivity (Wildman–Crippen MR) is 95.7 cm³/mol. The van der Waals surface area contributed by atoms with E-state index in [9.17, 15) is 5.26 Å². The summed E-state index contributed by atoms with van der Waals surface area (Å²) >= 11 is 0. The second-order valence-corrected chi connectivity index (χ2v) is 6.33. The lowest BCUT2D eigenvalue weighted by molar-refractivity contribution is -0.465. The van der Waals surface area contributed by atoms with Crippen LogP contribution in [0.4, 0.5) is 11.5 Å². The van der Waals surface area contributed by atoms with Crippen molar-refractivity contribution in [2.45, 2.75) is 19.3 Å². The van der Waals surface area contributed by atoms with Gasteiger partial charge in [0.2, 0.25) is 11.5 Å². The fraction of sp³-hybridized carbons (Fsp3) is 0.150. The van der Waals surface area contributed by atoms with E-state index in [0.717, 1.165) is 53.0 Å². The van der Waals surface area contributed by atoms with Gasteiger partial charge in [-0.3, -0.25) is 15.3 Å². The number of benzene rings is 1. The molecule has 0 bridgehead atoms. The molecule has 3 aromatic heterocycles. The van der Waals surface area contributed by atoms with Gasteiger partial charge < -0.3 is 0 Å². The van der Waals surface area contributed by atoms with E-state index in [-0.39, 0.29) is 0 Å². The molecule has 0 fully saturated rings. The average Bonchev–Trinajstić information content (AvgIpc) is 3.27. The van der Waals surface area contributed by atoms with Crippen LogP contribution in [0.5, 0.6) is 0 Å². The summed E-state index contributed by atoms with van der Waals surface area (Å²) in [5, 5.41) is 13.4. The predicted octanol–water partition coefficient (Wildman–Crippen LogP) is 3.41. The number of anilines is 2. The van der Waals surface area contributed by atoms with E-state index in [0.29, 0.717) is 0 Å². The molecule has 2 N–H and O–H groups in total. The topological polar surface area (TPSA) is 68.6 Å². The Labute approximate surface area is 144 Å². The van der Waals surface area contributed by atoms with Crippen LogP contribution in [0, 0.1) is 11.3 Å². The van der Waals surface area contributed by atoms with E-state index < -0.39 is 0 Å². The Morgan fingerprint density at radius 1 is 1.08 bits per heavy atom. The summed E-state index contributed by atoms with van der Waals surface area (Å²) in [5.41, 5.74) is 7.14. The first-order valence-corrected chi connectivity index (χ1v) is 8.44. The van der Waals surface area contributed by atoms with Gasteiger partial charge in [0.1, 0.15) is 22.7 Å². The third-order valence-electron chi connectivity index (χ3n) is 4.94. The minimum absolute atomic E-state index is 0.768. The summed E-state index contributed by atoms with van der Waals surface area (Å²) < 4.78 is 2.15. The van der Waals surface area contributed by atoms with Crippen molar-refractivity contribution in [1.82, 2.24) is 9.97 Å². The number of nitriles is 1. The van der Waals surface area contributed by atoms with Crippen LogP contribution in [0.3, 0.4) is 0 Å². The van der Waals surface area contributed by atoms with E-state index in [1.165, 1.54) is 11.1 Å². The minimum Gasteiger partial charge on any atom is -0.273 e. The van der Waals surface area contributed by atoms with Gasteiger partial charge in [-0.1, -0.05) is 12.1 Å². The van der Waals surface area contributed by atoms with Gasteiger partial charge in [0.15, 0.2) is 0 Å². The number of para-hydroxylation sites is 2. The van der Waals surface area contributed by atoms with Gasteiger partial charge in [-0.2, -0.15) is 9.66 Å². The number of aromatic nitrogens is 3. The van der Waals surface area contributed by atoms with Gasteiger partial charge in [-0.15, -0.1) is 0 Å². The van der Waals surface area contributed by atoms with Crippen molar-refractivity contribution in [2.75, 3.05) is 5.32 Å². The van der Waals surface area contributed by atoms with Crippen molar-refractivity contribution in [3.8, 4) is 6.07 Å². The fourth-order valence-electron chi connectivity index (χ4n) is 3.87. The summed E-state index contributed by atoms with van der Waals surface area (Å²) in [6.45, 7) is 0. The number of hydrogen-bond donors (Lipinski definition) is 2. The number of fused-ring (bicyclic) bond motifs is 4. The molecule has 1 aliphatic carbocycles. The maximum Gasteiger partial charge on any atom is 0.250 e. The van der Waals surface area contributed by atoms with Gasteiger partial charge in [0, 0.05) is 18.0 Å². The van der Waals surface area contributed by atoms with Gasteiger partial charge in [0.05, 0.1) is 5.69 Å². The lowest BCUT2D eigenvalue weighted by Gasteiger charge is -2.10. The van der Waals surface area contributed by atoms with Crippen molar-refractivity contribution in [1.29, 1.82) is 5.26 Å². The SMILES string of the molecule is N#Cc1c2c(c(Nc3ccncc3)[n+]3c1[nH]c1ccccc13)CCC2. The van der Waals surface area contributed by atoms with Crippen LogP contribution < -0.4 is 9.72 Å². The standard InChI is InChI=1S/C20H15N5/c21-12-16-14-4-3-5-15(14)19(23-13-8-10-22-11-9-13)25-18-7-2-1-6-17(18)24-20(16)25/h1-2,6-11H,3-5H2,(H,22,23,24)/p+1. The summed E-state index contributed by atoms with van der Waals surface area (Å²) in [7, 11) is 0. The Hall–Kier alpha value is -3.39. The smallest absolute Gasteiger partial charge is 0.250 e. The zero-order valence-electron chi connectivity index (χ0n) is 13.6. The zero-order chi connectivity index (χ0) is 16.8. The molecule has 5 rings (SSSR count). The molecule has 0 atom stereocenters. The molecular weight excluding hydrogens is 310 g/mol. The highest BCUT2D eigenvalue weighted by Crippen LogP contribution is 2.33. The first-order valence-electron chi connectivity index (χ1n) is 8.44. The lowest BCUT2D eigenvalue weighted by atomic mass is 10.1. The molecule has 0 unspecified atom stereocenters. The molecule has 120 valence electrons. The molecule has 3 heterocycles. The highest BCUT2D eigenvalue weighted by molar-refractivity contribution is 5.79. The van der Waals surface area contributed by atoms with E-state index in [4.69, 9.17) is 0 Å². The molecule has 0 saturated carbocycles. The Balaban J connectivity index is 1.90. The molecule has 4 aromatic rings. The molecule has 0 saturated heterocycles. The summed E-state index contributed by atoms with van der Waals surface area (Å²) in [4.78, 5) is 7.53. The van der Waals surface area contributed by atoms with Crippen LogP contribution >= 0.6 is 0 Å². The number of rotatable bonds is 2. The molecular formula is C20H16N5+. The number of hydrogen-bond acceptors (Lipinski definition) is 3. The highest BCUT2D eigenvalue weighted by Gasteiger charge is 2.29. The molecule has 0 radical (unpaired) electrons. The van der Waals surface area contributed by atoms with Crippen molar-refractivity contribution in [3.63, 3.8) is 0 Å². The number of pyridine rings is 2. The summed E-state index contributed by atoms with van der Waals surface area (Å²) in [6, 6.07) is 14.5. The Bertz CT molecular complexity index is 1150. The highest BCUT2D eigenvalue weighted by atomic mass is 15.1. The number of nitrogens with zero attached hydrogens (tertiary/aromatic N) is 3. The van der Waals surface area contributed by atoms with E-state index in [1.807, 2.05) is 30.3 Å². The van der Waals surface area contributed by atoms with Crippen molar-refractivity contribution in [2.24, 2.45) is 0 Å². The van der Waals surface area contributed by atoms with E-state index >= 15 is 0 Å². The number of imidazole rings is 1. The Morgan fingerprint density at radius 2 is 1.88 bits per heavy atom. The van der Waals surface area contributed by atoms with E-state index in [1.54, 1.807) is 12.4 Å². The number of aromatic amines is 1. The Morgan fingerprint density at radius 3 is 2.72 bits per heavy atom. The summed E-state index contributed by atoms with van der Waals surface area (Å²) in [5.74, 6) is 1.05. The summed E-state index contributed by atoms with van der Waals surface area (Å²) in [6.07, 6.45) is 6.59. The van der Waals surface area contributed by atoms with Gasteiger partial charge in [-0.25, -0.2) is 0 Å². The zero-order valence-corrected chi connectivity index (χ0v) is 13.6. The lowest BCUT2D eigenvalue weighted by Crippen LogP contribution is -2.28. The second kappa shape index (κ2) is 5.32. The normalized spacial score (nSPS) is 13.1. The minimum atomic E-state index is 0.768. The Kier molecular flexibility index (Phi) is 2.98. The third-order valence-corrected chi connectivity index (χ3v) is 4.94. The molecule has 25 heavy (non-hydrogen) atoms. The van der Waals surface area contributed by atoms with Gasteiger partial charge >= 0.3 is 0 Å². The number of nitrogens with one attached hydrogen (secondary N) is 2. The maximum atomic E-state index is 9.79. The van der Waals surface area contributed by atoms with Crippen molar-refractivity contribution < 1.29 is 4.40 Å². The molecule has 1 aromatic carbocycles. The van der Waals surface area contributed by atoms with Crippen molar-refractivity contribution >= 4 is 28.2 Å². The quantitative estimate of drug-likeness (QED) is 0.555. The second-order valence-electron chi connectivity index (χ2n) is 6.33. The third kappa shape index (κ3) is 2.01. The van der Waals surface area contributed by atoms with Crippen LogP contribution in [0.2, 0.25) is 0 Å². The van der Waals surface area contributed by atoms with Crippen LogP contribution in [-0.2, 0) is 12.8 Å². The van der Waals surface area contributed by atoms with Crippen LogP contribution in [0.25, 0.3) is 16.7 Å². The van der Waals surface area contributed by atoms with Crippen LogP contribution in [-0.4, -0.2) is 9.97 Å². The van der Waals surface area contributed by atoms with Crippen molar-refractivity contribution in [3.05, 3.63) is 65.5 Å². The largest absolute Gasteiger partial charge is 0.273 e. The maximum absolute atomic E-state index is 9.79. The first-order chi connectivity index (χ1) is 12.4. The molecule has 5 heteroatoms. The number of H-pyrrole nitrogens is 1. The molecule has 0 spiro atoms. The first kappa shape index (κ1) is 14.0.